The molecule has 8 heteroatoms. The normalized spacial score (nSPS) is 14.5. The van der Waals surface area contributed by atoms with Gasteiger partial charge in [-0.1, -0.05) is 30.3 Å². The van der Waals surface area contributed by atoms with Crippen LogP contribution in [0.5, 0.6) is 5.75 Å². The van der Waals surface area contributed by atoms with E-state index in [1.54, 1.807) is 24.3 Å². The Morgan fingerprint density at radius 1 is 1.17 bits per heavy atom. The van der Waals surface area contributed by atoms with Crippen molar-refractivity contribution in [2.75, 3.05) is 33.4 Å². The van der Waals surface area contributed by atoms with Crippen molar-refractivity contribution < 1.29 is 14.3 Å². The van der Waals surface area contributed by atoms with Crippen LogP contribution in [0.4, 0.5) is 0 Å². The zero-order chi connectivity index (χ0) is 24.8. The molecule has 1 aromatic heterocycles. The summed E-state index contributed by atoms with van der Waals surface area (Å²) in [6, 6.07) is 15.2. The van der Waals surface area contributed by atoms with E-state index in [0.717, 1.165) is 43.9 Å². The molecule has 186 valence electrons. The molecule has 35 heavy (non-hydrogen) atoms. The van der Waals surface area contributed by atoms with Crippen LogP contribution in [0.3, 0.4) is 0 Å². The molecule has 1 saturated heterocycles. The summed E-state index contributed by atoms with van der Waals surface area (Å²) in [6.45, 7) is 7.16. The molecule has 1 aliphatic heterocycles. The van der Waals surface area contributed by atoms with E-state index < -0.39 is 0 Å². The lowest BCUT2D eigenvalue weighted by Crippen LogP contribution is -2.38. The molecular formula is C27H34N4O4. The number of fused-ring (bicyclic) bond motifs is 1. The summed E-state index contributed by atoms with van der Waals surface area (Å²) in [5.74, 6) is 0.453. The van der Waals surface area contributed by atoms with Gasteiger partial charge in [0.1, 0.15) is 12.4 Å². The minimum atomic E-state index is -0.319. The Labute approximate surface area is 205 Å². The second-order valence-electron chi connectivity index (χ2n) is 9.24. The predicted molar refractivity (Wildman–Crippen MR) is 136 cm³/mol. The third-order valence-electron chi connectivity index (χ3n) is 6.41. The van der Waals surface area contributed by atoms with Crippen molar-refractivity contribution in [3.05, 3.63) is 70.1 Å². The molecule has 1 aliphatic rings. The molecule has 4 rings (SSSR count). The summed E-state index contributed by atoms with van der Waals surface area (Å²) in [5, 5.41) is 8.37. The highest BCUT2D eigenvalue weighted by atomic mass is 16.5. The van der Waals surface area contributed by atoms with Crippen LogP contribution in [0, 0.1) is 0 Å². The Kier molecular flexibility index (Phi) is 8.15. The molecular weight excluding hydrogens is 444 g/mol. The fourth-order valence-electron chi connectivity index (χ4n) is 4.35. The second kappa shape index (κ2) is 11.5. The predicted octanol–water partition coefficient (Wildman–Crippen LogP) is 3.40. The number of benzene rings is 2. The van der Waals surface area contributed by atoms with Crippen LogP contribution in [0.15, 0.2) is 53.3 Å². The molecule has 0 radical (unpaired) electrons. The van der Waals surface area contributed by atoms with Gasteiger partial charge in [-0.15, -0.1) is 0 Å². The van der Waals surface area contributed by atoms with E-state index >= 15 is 0 Å². The maximum atomic E-state index is 13.1. The Morgan fingerprint density at radius 2 is 1.91 bits per heavy atom. The number of rotatable bonds is 9. The molecule has 2 aromatic carbocycles. The maximum absolute atomic E-state index is 13.1. The van der Waals surface area contributed by atoms with Crippen molar-refractivity contribution in [2.24, 2.45) is 0 Å². The number of nitrogens with zero attached hydrogens (tertiary/aromatic N) is 3. The fourth-order valence-corrected chi connectivity index (χ4v) is 4.35. The SMILES string of the molecule is CC(C)n1nc(C(=O)NCc2cccc(OCCN(C)C3CCOCC3)c2)c2ccccc2c1=O. The highest BCUT2D eigenvalue weighted by molar-refractivity contribution is 6.04. The van der Waals surface area contributed by atoms with E-state index in [1.807, 2.05) is 38.1 Å². The van der Waals surface area contributed by atoms with Gasteiger partial charge in [0.05, 0.1) is 11.4 Å². The molecule has 0 bridgehead atoms. The smallest absolute Gasteiger partial charge is 0.274 e. The number of carbonyl (C=O) groups excluding carboxylic acids is 1. The molecule has 0 saturated carbocycles. The maximum Gasteiger partial charge on any atom is 0.274 e. The quantitative estimate of drug-likeness (QED) is 0.507. The summed E-state index contributed by atoms with van der Waals surface area (Å²) < 4.78 is 12.8. The van der Waals surface area contributed by atoms with Crippen LogP contribution >= 0.6 is 0 Å². The first-order valence-corrected chi connectivity index (χ1v) is 12.2. The first kappa shape index (κ1) is 24.9. The second-order valence-corrected chi connectivity index (χ2v) is 9.24. The Morgan fingerprint density at radius 3 is 2.66 bits per heavy atom. The molecule has 0 aliphatic carbocycles. The fraction of sp³-hybridized carbons (Fsp3) is 0.444. The molecule has 0 atom stereocenters. The van der Waals surface area contributed by atoms with Crippen LogP contribution < -0.4 is 15.6 Å². The topological polar surface area (TPSA) is 85.7 Å². The van der Waals surface area contributed by atoms with Crippen molar-refractivity contribution in [1.29, 1.82) is 0 Å². The van der Waals surface area contributed by atoms with Crippen molar-refractivity contribution >= 4 is 16.7 Å². The number of likely N-dealkylation sites (N-methyl/N-ethyl adjacent to an activating group) is 1. The summed E-state index contributed by atoms with van der Waals surface area (Å²) in [4.78, 5) is 28.1. The zero-order valence-corrected chi connectivity index (χ0v) is 20.7. The van der Waals surface area contributed by atoms with Crippen molar-refractivity contribution in [3.63, 3.8) is 0 Å². The molecule has 1 amide bonds. The minimum Gasteiger partial charge on any atom is -0.492 e. The molecule has 1 fully saturated rings. The molecule has 1 N–H and O–H groups in total. The Hall–Kier alpha value is -3.23. The summed E-state index contributed by atoms with van der Waals surface area (Å²) in [7, 11) is 2.13. The number of carbonyl (C=O) groups is 1. The van der Waals surface area contributed by atoms with Crippen LogP contribution in [-0.4, -0.2) is 60.0 Å². The average molecular weight is 479 g/mol. The van der Waals surface area contributed by atoms with Gasteiger partial charge in [-0.05, 0) is 57.5 Å². The number of hydrogen-bond acceptors (Lipinski definition) is 6. The number of aromatic nitrogens is 2. The zero-order valence-electron chi connectivity index (χ0n) is 20.7. The van der Waals surface area contributed by atoms with E-state index in [4.69, 9.17) is 9.47 Å². The molecule has 3 aromatic rings. The largest absolute Gasteiger partial charge is 0.492 e. The third kappa shape index (κ3) is 6.07. The van der Waals surface area contributed by atoms with E-state index in [-0.39, 0.29) is 23.2 Å². The van der Waals surface area contributed by atoms with E-state index in [1.165, 1.54) is 4.68 Å². The van der Waals surface area contributed by atoms with Crippen LogP contribution in [0.1, 0.15) is 48.8 Å². The summed E-state index contributed by atoms with van der Waals surface area (Å²) in [6.07, 6.45) is 2.12. The molecule has 0 unspecified atom stereocenters. The van der Waals surface area contributed by atoms with Gasteiger partial charge in [0.25, 0.3) is 11.5 Å². The number of nitrogens with one attached hydrogen (secondary N) is 1. The van der Waals surface area contributed by atoms with Crippen LogP contribution in [0.25, 0.3) is 10.8 Å². The minimum absolute atomic E-state index is 0.155. The van der Waals surface area contributed by atoms with Gasteiger partial charge in [-0.2, -0.15) is 5.10 Å². The average Bonchev–Trinajstić information content (AvgIpc) is 2.88. The monoisotopic (exact) mass is 478 g/mol. The third-order valence-corrected chi connectivity index (χ3v) is 6.41. The molecule has 2 heterocycles. The highest BCUT2D eigenvalue weighted by Crippen LogP contribution is 2.17. The first-order valence-electron chi connectivity index (χ1n) is 12.2. The summed E-state index contributed by atoms with van der Waals surface area (Å²) >= 11 is 0. The summed E-state index contributed by atoms with van der Waals surface area (Å²) in [5.41, 5.74) is 0.979. The van der Waals surface area contributed by atoms with Gasteiger partial charge in [0.15, 0.2) is 5.69 Å². The van der Waals surface area contributed by atoms with E-state index in [0.29, 0.717) is 30.0 Å². The van der Waals surface area contributed by atoms with Gasteiger partial charge >= 0.3 is 0 Å². The van der Waals surface area contributed by atoms with Gasteiger partial charge in [0, 0.05) is 37.7 Å². The van der Waals surface area contributed by atoms with Gasteiger partial charge in [0.2, 0.25) is 0 Å². The van der Waals surface area contributed by atoms with E-state index in [9.17, 15) is 9.59 Å². The number of hydrogen-bond donors (Lipinski definition) is 1. The lowest BCUT2D eigenvalue weighted by Gasteiger charge is -2.31. The Bertz CT molecular complexity index is 1220. The van der Waals surface area contributed by atoms with E-state index in [2.05, 4.69) is 22.4 Å². The standard InChI is InChI=1S/C27H34N4O4/c1-19(2)31-27(33)24-10-5-4-9-23(24)25(29-31)26(32)28-18-20-7-6-8-22(17-20)35-16-13-30(3)21-11-14-34-15-12-21/h4-10,17,19,21H,11-16,18H2,1-3H3,(H,28,32). The van der Waals surface area contributed by atoms with Gasteiger partial charge < -0.3 is 14.8 Å². The Balaban J connectivity index is 1.38. The lowest BCUT2D eigenvalue weighted by molar-refractivity contribution is 0.0392. The van der Waals surface area contributed by atoms with Crippen molar-refractivity contribution in [2.45, 2.75) is 45.3 Å². The lowest BCUT2D eigenvalue weighted by atomic mass is 10.1. The van der Waals surface area contributed by atoms with Crippen molar-refractivity contribution in [1.82, 2.24) is 20.0 Å². The number of ether oxygens (including phenoxy) is 2. The molecule has 8 nitrogen and oxygen atoms in total. The van der Waals surface area contributed by atoms with Crippen LogP contribution in [-0.2, 0) is 11.3 Å². The highest BCUT2D eigenvalue weighted by Gasteiger charge is 2.19. The molecule has 0 spiro atoms. The van der Waals surface area contributed by atoms with Gasteiger partial charge in [-0.3, -0.25) is 14.5 Å². The van der Waals surface area contributed by atoms with Gasteiger partial charge in [-0.25, -0.2) is 4.68 Å². The first-order chi connectivity index (χ1) is 16.9. The van der Waals surface area contributed by atoms with Crippen LogP contribution in [0.2, 0.25) is 0 Å². The van der Waals surface area contributed by atoms with Crippen molar-refractivity contribution in [3.8, 4) is 5.75 Å². The number of amides is 1.